The molecule has 0 unspecified atom stereocenters. The molecule has 3 aliphatic rings. The number of ketones is 2. The molecule has 2 saturated heterocycles. The molecule has 2 aliphatic heterocycles. The third kappa shape index (κ3) is 14.5. The van der Waals surface area contributed by atoms with Crippen LogP contribution in [-0.4, -0.2) is 106 Å². The normalized spacial score (nSPS) is 28.8. The minimum absolute atomic E-state index is 0.0503. The number of allylic oxidation sites excluding steroid dienone is 6. The van der Waals surface area contributed by atoms with E-state index in [1.54, 1.807) is 27.0 Å². The van der Waals surface area contributed by atoms with Gasteiger partial charge in [0.2, 0.25) is 5.79 Å². The Kier molecular flexibility index (Phi) is 20.4. The van der Waals surface area contributed by atoms with Gasteiger partial charge in [0.05, 0.1) is 18.3 Å². The van der Waals surface area contributed by atoms with Gasteiger partial charge >= 0.3 is 5.97 Å². The van der Waals surface area contributed by atoms with E-state index in [-0.39, 0.29) is 36.2 Å². The van der Waals surface area contributed by atoms with Crippen molar-refractivity contribution in [3.05, 3.63) is 47.6 Å². The Morgan fingerprint density at radius 1 is 0.948 bits per heavy atom. The molecule has 1 saturated carbocycles. The lowest BCUT2D eigenvalue weighted by atomic mass is 9.80. The van der Waals surface area contributed by atoms with E-state index in [0.29, 0.717) is 62.9 Å². The topological polar surface area (TPSA) is 177 Å². The molecule has 326 valence electrons. The summed E-state index contributed by atoms with van der Waals surface area (Å²) in [5.41, 5.74) is 1.42. The molecule has 0 radical (unpaired) electrons. The Balaban J connectivity index is 1.68. The standard InChI is InChI=1S/C46H71NO11/c1-30(25-33(4)40(51)29-49)13-9-8-10-14-32(3)42(56-7)27-38-22-17-35(6)46(55,58-38)43(52)44(53)47-24-12-11-15-39(47)45(54)57-41(23-16-31(2)28-48)34(5)26-36-18-20-37(50)21-19-36/h8-10,13-14,16,28,30,33-39,41-42,49-50,55H,11-12,15,17-27,29H2,1-7H3/b10-8+,13-9+,31-16+,32-14+/t30-,33+,34-,35-,36?,37?,38+,39+,41+,42-,46-/m0/s1. The van der Waals surface area contributed by atoms with E-state index < -0.39 is 60.3 Å². The number of methoxy groups -OCH3 is 1. The van der Waals surface area contributed by atoms with E-state index in [1.807, 2.05) is 58.1 Å². The largest absolute Gasteiger partial charge is 0.460 e. The number of nitrogens with zero attached hydrogens (tertiary/aromatic N) is 1. The number of hydrogen-bond donors (Lipinski definition) is 3. The first-order valence-corrected chi connectivity index (χ1v) is 21.5. The summed E-state index contributed by atoms with van der Waals surface area (Å²) in [7, 11) is 1.58. The molecule has 1 amide bonds. The molecule has 58 heavy (non-hydrogen) atoms. The highest BCUT2D eigenvalue weighted by atomic mass is 16.6. The van der Waals surface area contributed by atoms with Crippen molar-refractivity contribution in [2.24, 2.45) is 29.6 Å². The number of esters is 1. The van der Waals surface area contributed by atoms with Crippen LogP contribution in [-0.2, 0) is 38.2 Å². The van der Waals surface area contributed by atoms with Gasteiger partial charge in [-0.3, -0.25) is 19.2 Å². The summed E-state index contributed by atoms with van der Waals surface area (Å²) in [5.74, 6) is -5.63. The summed E-state index contributed by atoms with van der Waals surface area (Å²) in [5, 5.41) is 30.9. The monoisotopic (exact) mass is 814 g/mol. The number of aldehydes is 1. The molecule has 2 heterocycles. The van der Waals surface area contributed by atoms with Crippen molar-refractivity contribution in [3.63, 3.8) is 0 Å². The highest BCUT2D eigenvalue weighted by Gasteiger charge is 2.53. The molecule has 0 bridgehead atoms. The molecule has 1 aliphatic carbocycles. The third-order valence-corrected chi connectivity index (χ3v) is 12.5. The first kappa shape index (κ1) is 49.1. The van der Waals surface area contributed by atoms with Crippen molar-refractivity contribution in [1.29, 1.82) is 0 Å². The summed E-state index contributed by atoms with van der Waals surface area (Å²) in [6.45, 7) is 10.9. The molecule has 3 fully saturated rings. The lowest BCUT2D eigenvalue weighted by molar-refractivity contribution is -0.265. The van der Waals surface area contributed by atoms with Crippen molar-refractivity contribution in [2.75, 3.05) is 20.3 Å². The SMILES string of the molecule is CO[C@@H](C[C@H]1CC[C@H](C)[C@@](O)(C(=O)C(=O)N2CCCC[C@@H]2C(=O)O[C@H](C/C=C(\C)C=O)[C@@H](C)CC2CCC(O)CC2)O1)/C(C)=C/C=C/C=C/[C@H](C)C[C@@H](C)C(=O)CO. The van der Waals surface area contributed by atoms with Gasteiger partial charge in [0, 0.05) is 38.3 Å². The Hall–Kier alpha value is -3.29. The molecule has 3 N–H and O–H groups in total. The average Bonchev–Trinajstić information content (AvgIpc) is 3.21. The van der Waals surface area contributed by atoms with Gasteiger partial charge in [0.15, 0.2) is 5.78 Å². The van der Waals surface area contributed by atoms with E-state index in [4.69, 9.17) is 19.3 Å². The fourth-order valence-corrected chi connectivity index (χ4v) is 8.50. The number of rotatable bonds is 21. The number of piperidine rings is 1. The smallest absolute Gasteiger partial charge is 0.329 e. The highest BCUT2D eigenvalue weighted by Crippen LogP contribution is 2.37. The van der Waals surface area contributed by atoms with Crippen molar-refractivity contribution in [1.82, 2.24) is 4.90 Å². The number of aliphatic hydroxyl groups is 3. The highest BCUT2D eigenvalue weighted by molar-refractivity contribution is 6.39. The molecule has 3 rings (SSSR count). The van der Waals surface area contributed by atoms with Gasteiger partial charge in [-0.1, -0.05) is 64.2 Å². The predicted octanol–water partition coefficient (Wildman–Crippen LogP) is 6.15. The minimum Gasteiger partial charge on any atom is -0.460 e. The van der Waals surface area contributed by atoms with Crippen molar-refractivity contribution in [2.45, 2.75) is 161 Å². The summed E-state index contributed by atoms with van der Waals surface area (Å²) in [6.07, 6.45) is 18.2. The summed E-state index contributed by atoms with van der Waals surface area (Å²) in [6, 6.07) is -1.00. The molecule has 9 atom stereocenters. The van der Waals surface area contributed by atoms with Gasteiger partial charge in [-0.25, -0.2) is 4.79 Å². The second kappa shape index (κ2) is 24.1. The number of carbonyl (C=O) groups excluding carboxylic acids is 5. The second-order valence-corrected chi connectivity index (χ2v) is 17.3. The van der Waals surface area contributed by atoms with Gasteiger partial charge in [-0.15, -0.1) is 0 Å². The van der Waals surface area contributed by atoms with Gasteiger partial charge < -0.3 is 34.4 Å². The zero-order valence-electron chi connectivity index (χ0n) is 36.0. The van der Waals surface area contributed by atoms with Crippen LogP contribution in [0, 0.1) is 29.6 Å². The van der Waals surface area contributed by atoms with Gasteiger partial charge in [0.25, 0.3) is 11.7 Å². The van der Waals surface area contributed by atoms with Gasteiger partial charge in [-0.05, 0) is 113 Å². The molecule has 12 heteroatoms. The summed E-state index contributed by atoms with van der Waals surface area (Å²) in [4.78, 5) is 66.2. The van der Waals surface area contributed by atoms with Crippen LogP contribution in [0.4, 0.5) is 0 Å². The Bertz CT molecular complexity index is 1490. The number of amides is 1. The van der Waals surface area contributed by atoms with Crippen LogP contribution in [0.1, 0.15) is 125 Å². The van der Waals surface area contributed by atoms with Crippen LogP contribution in [0.3, 0.4) is 0 Å². The predicted molar refractivity (Wildman–Crippen MR) is 221 cm³/mol. The molecule has 0 aromatic heterocycles. The van der Waals surface area contributed by atoms with E-state index in [0.717, 1.165) is 44.0 Å². The summed E-state index contributed by atoms with van der Waals surface area (Å²) >= 11 is 0. The Morgan fingerprint density at radius 2 is 1.66 bits per heavy atom. The van der Waals surface area contributed by atoms with Crippen LogP contribution in [0.25, 0.3) is 0 Å². The number of carbonyl (C=O) groups is 5. The Labute approximate surface area is 346 Å². The molecule has 0 aromatic rings. The first-order chi connectivity index (χ1) is 27.5. The lowest BCUT2D eigenvalue weighted by Crippen LogP contribution is -2.61. The number of hydrogen-bond acceptors (Lipinski definition) is 11. The van der Waals surface area contributed by atoms with Gasteiger partial charge in [-0.2, -0.15) is 0 Å². The minimum atomic E-state index is -2.38. The maximum absolute atomic E-state index is 14.0. The lowest BCUT2D eigenvalue weighted by Gasteiger charge is -2.42. The maximum atomic E-state index is 14.0. The van der Waals surface area contributed by atoms with Crippen LogP contribution < -0.4 is 0 Å². The maximum Gasteiger partial charge on any atom is 0.329 e. The van der Waals surface area contributed by atoms with Crippen molar-refractivity contribution >= 4 is 29.7 Å². The molecule has 12 nitrogen and oxygen atoms in total. The van der Waals surface area contributed by atoms with Crippen LogP contribution >= 0.6 is 0 Å². The van der Waals surface area contributed by atoms with E-state index in [2.05, 4.69) is 0 Å². The van der Waals surface area contributed by atoms with Gasteiger partial charge in [0.1, 0.15) is 25.0 Å². The molecular formula is C46H71NO11. The van der Waals surface area contributed by atoms with E-state index >= 15 is 0 Å². The number of likely N-dealkylation sites (tertiary alicyclic amines) is 1. The molecule has 0 aromatic carbocycles. The van der Waals surface area contributed by atoms with Crippen molar-refractivity contribution < 1.29 is 53.5 Å². The second-order valence-electron chi connectivity index (χ2n) is 17.3. The van der Waals surface area contributed by atoms with Crippen LogP contribution in [0.2, 0.25) is 0 Å². The number of Topliss-reactive ketones (excluding diaryl/α,β-unsaturated/α-hetero) is 2. The Morgan fingerprint density at radius 3 is 2.31 bits per heavy atom. The number of ether oxygens (including phenoxy) is 3. The van der Waals surface area contributed by atoms with E-state index in [9.17, 15) is 34.2 Å². The molecule has 0 spiro atoms. The zero-order chi connectivity index (χ0) is 43.0. The fraction of sp³-hybridized carbons (Fsp3) is 0.717. The van der Waals surface area contributed by atoms with Crippen LogP contribution in [0.5, 0.6) is 0 Å². The fourth-order valence-electron chi connectivity index (χ4n) is 8.50. The first-order valence-electron chi connectivity index (χ1n) is 21.5. The third-order valence-electron chi connectivity index (χ3n) is 12.5. The number of aliphatic hydroxyl groups excluding tert-OH is 2. The zero-order valence-corrected chi connectivity index (χ0v) is 36.0. The van der Waals surface area contributed by atoms with Crippen molar-refractivity contribution in [3.8, 4) is 0 Å². The summed E-state index contributed by atoms with van der Waals surface area (Å²) < 4.78 is 18.0. The quantitative estimate of drug-likeness (QED) is 0.0398. The molecular weight excluding hydrogens is 743 g/mol. The average molecular weight is 814 g/mol. The van der Waals surface area contributed by atoms with Crippen LogP contribution in [0.15, 0.2) is 47.6 Å². The van der Waals surface area contributed by atoms with E-state index in [1.165, 1.54) is 4.90 Å².